The zero-order valence-electron chi connectivity index (χ0n) is 13.2. The van der Waals surface area contributed by atoms with Crippen molar-refractivity contribution in [1.29, 1.82) is 0 Å². The highest BCUT2D eigenvalue weighted by Gasteiger charge is 2.31. The second kappa shape index (κ2) is 7.39. The van der Waals surface area contributed by atoms with Crippen molar-refractivity contribution < 1.29 is 21.6 Å². The average molecular weight is 387 g/mol. The van der Waals surface area contributed by atoms with E-state index < -0.39 is 26.6 Å². The lowest BCUT2D eigenvalue weighted by Crippen LogP contribution is -2.33. The van der Waals surface area contributed by atoms with Crippen molar-refractivity contribution in [2.75, 3.05) is 18.8 Å². The van der Waals surface area contributed by atoms with Gasteiger partial charge in [-0.3, -0.25) is 0 Å². The molecule has 134 valence electrons. The quantitative estimate of drug-likeness (QED) is 0.800. The van der Waals surface area contributed by atoms with Crippen LogP contribution in [0.25, 0.3) is 0 Å². The first-order chi connectivity index (χ1) is 11.9. The standard InChI is InChI=1S/C17H16F3NO2S2/c18-12-5-6-17(15(20)11-12)25(22,23)21-8-7-16(24-10-9-21)13-3-1-2-4-14(13)19/h1-6,11,16H,7-10H2. The Kier molecular flexibility index (Phi) is 5.41. The van der Waals surface area contributed by atoms with E-state index in [0.29, 0.717) is 23.8 Å². The largest absolute Gasteiger partial charge is 0.246 e. The monoisotopic (exact) mass is 387 g/mol. The summed E-state index contributed by atoms with van der Waals surface area (Å²) in [5, 5.41) is -0.167. The van der Waals surface area contributed by atoms with Crippen LogP contribution in [-0.2, 0) is 10.0 Å². The zero-order chi connectivity index (χ0) is 18.0. The maximum atomic E-state index is 14.0. The molecule has 0 bridgehead atoms. The molecular formula is C17H16F3NO2S2. The number of nitrogens with zero attached hydrogens (tertiary/aromatic N) is 1. The molecule has 0 N–H and O–H groups in total. The number of hydrogen-bond acceptors (Lipinski definition) is 3. The molecule has 1 atom stereocenters. The topological polar surface area (TPSA) is 37.4 Å². The number of sulfonamides is 1. The van der Waals surface area contributed by atoms with Crippen molar-refractivity contribution in [2.45, 2.75) is 16.6 Å². The molecule has 25 heavy (non-hydrogen) atoms. The van der Waals surface area contributed by atoms with Crippen LogP contribution in [0.2, 0.25) is 0 Å². The van der Waals surface area contributed by atoms with Crippen LogP contribution in [0.4, 0.5) is 13.2 Å². The third-order valence-electron chi connectivity index (χ3n) is 4.06. The summed E-state index contributed by atoms with van der Waals surface area (Å²) in [6, 6.07) is 8.83. The molecular weight excluding hydrogens is 371 g/mol. The van der Waals surface area contributed by atoms with E-state index in [4.69, 9.17) is 0 Å². The van der Waals surface area contributed by atoms with Crippen LogP contribution < -0.4 is 0 Å². The Labute approximate surface area is 148 Å². The zero-order valence-corrected chi connectivity index (χ0v) is 14.8. The number of hydrogen-bond donors (Lipinski definition) is 0. The number of thioether (sulfide) groups is 1. The second-order valence-corrected chi connectivity index (χ2v) is 8.87. The maximum Gasteiger partial charge on any atom is 0.246 e. The molecule has 0 spiro atoms. The highest BCUT2D eigenvalue weighted by atomic mass is 32.2. The van der Waals surface area contributed by atoms with Crippen LogP contribution in [-0.4, -0.2) is 31.6 Å². The maximum absolute atomic E-state index is 14.0. The van der Waals surface area contributed by atoms with Gasteiger partial charge in [-0.05, 0) is 24.6 Å². The van der Waals surface area contributed by atoms with E-state index in [1.54, 1.807) is 18.2 Å². The molecule has 0 amide bonds. The van der Waals surface area contributed by atoms with Crippen LogP contribution in [0.5, 0.6) is 0 Å². The molecule has 1 fully saturated rings. The summed E-state index contributed by atoms with van der Waals surface area (Å²) >= 11 is 1.47. The first-order valence-electron chi connectivity index (χ1n) is 7.71. The molecule has 2 aromatic rings. The first-order valence-corrected chi connectivity index (χ1v) is 10.2. The fraction of sp³-hybridized carbons (Fsp3) is 0.294. The summed E-state index contributed by atoms with van der Waals surface area (Å²) in [5.74, 6) is -1.80. The van der Waals surface area contributed by atoms with E-state index in [1.165, 1.54) is 22.1 Å². The Morgan fingerprint density at radius 3 is 2.48 bits per heavy atom. The third-order valence-corrected chi connectivity index (χ3v) is 7.31. The summed E-state index contributed by atoms with van der Waals surface area (Å²) in [4.78, 5) is -0.539. The molecule has 1 aliphatic rings. The van der Waals surface area contributed by atoms with Crippen molar-refractivity contribution in [3.8, 4) is 0 Å². The van der Waals surface area contributed by atoms with Gasteiger partial charge in [0.2, 0.25) is 10.0 Å². The molecule has 0 aromatic heterocycles. The lowest BCUT2D eigenvalue weighted by Gasteiger charge is -2.20. The van der Waals surface area contributed by atoms with E-state index >= 15 is 0 Å². The lowest BCUT2D eigenvalue weighted by atomic mass is 10.1. The minimum absolute atomic E-state index is 0.144. The Morgan fingerprint density at radius 2 is 1.76 bits per heavy atom. The molecule has 3 nitrogen and oxygen atoms in total. The second-order valence-electron chi connectivity index (χ2n) is 5.65. The SMILES string of the molecule is O=S(=O)(c1ccc(F)cc1F)N1CCSC(c2ccccc2F)CC1. The summed E-state index contributed by atoms with van der Waals surface area (Å²) in [6.45, 7) is 0.333. The predicted octanol–water partition coefficient (Wildman–Crippen LogP) is 3.97. The average Bonchev–Trinajstić information content (AvgIpc) is 2.81. The smallest absolute Gasteiger partial charge is 0.207 e. The molecule has 3 rings (SSSR count). The van der Waals surface area contributed by atoms with Crippen LogP contribution in [0.3, 0.4) is 0 Å². The van der Waals surface area contributed by atoms with E-state index in [0.717, 1.165) is 12.1 Å². The Bertz CT molecular complexity index is 874. The van der Waals surface area contributed by atoms with Gasteiger partial charge in [-0.2, -0.15) is 16.1 Å². The summed E-state index contributed by atoms with van der Waals surface area (Å²) < 4.78 is 67.4. The molecule has 1 saturated heterocycles. The van der Waals surface area contributed by atoms with Crippen molar-refractivity contribution in [3.63, 3.8) is 0 Å². The molecule has 0 radical (unpaired) electrons. The van der Waals surface area contributed by atoms with Crippen LogP contribution in [0.15, 0.2) is 47.4 Å². The Morgan fingerprint density at radius 1 is 1.00 bits per heavy atom. The highest BCUT2D eigenvalue weighted by Crippen LogP contribution is 2.36. The molecule has 0 aliphatic carbocycles. The van der Waals surface area contributed by atoms with Gasteiger partial charge in [-0.25, -0.2) is 21.6 Å². The predicted molar refractivity (Wildman–Crippen MR) is 91.3 cm³/mol. The van der Waals surface area contributed by atoms with Crippen LogP contribution in [0.1, 0.15) is 17.2 Å². The van der Waals surface area contributed by atoms with Crippen molar-refractivity contribution in [2.24, 2.45) is 0 Å². The number of benzene rings is 2. The Hall–Kier alpha value is -1.51. The summed E-state index contributed by atoms with van der Waals surface area (Å²) in [7, 11) is -4.06. The molecule has 1 unspecified atom stereocenters. The van der Waals surface area contributed by atoms with Gasteiger partial charge in [0.1, 0.15) is 22.3 Å². The van der Waals surface area contributed by atoms with Crippen molar-refractivity contribution in [1.82, 2.24) is 4.31 Å². The van der Waals surface area contributed by atoms with Gasteiger partial charge >= 0.3 is 0 Å². The van der Waals surface area contributed by atoms with Crippen LogP contribution in [0, 0.1) is 17.5 Å². The minimum atomic E-state index is -4.06. The Balaban J connectivity index is 1.82. The van der Waals surface area contributed by atoms with Crippen molar-refractivity contribution >= 4 is 21.8 Å². The van der Waals surface area contributed by atoms with Gasteiger partial charge in [0.25, 0.3) is 0 Å². The normalized spacial score (nSPS) is 19.6. The fourth-order valence-corrected chi connectivity index (χ4v) is 5.67. The molecule has 1 heterocycles. The summed E-state index contributed by atoms with van der Waals surface area (Å²) in [6.07, 6.45) is 0.410. The minimum Gasteiger partial charge on any atom is -0.207 e. The highest BCUT2D eigenvalue weighted by molar-refractivity contribution is 7.99. The van der Waals surface area contributed by atoms with Gasteiger partial charge in [0, 0.05) is 35.7 Å². The van der Waals surface area contributed by atoms with Gasteiger partial charge < -0.3 is 0 Å². The third kappa shape index (κ3) is 3.86. The lowest BCUT2D eigenvalue weighted by molar-refractivity contribution is 0.422. The molecule has 2 aromatic carbocycles. The van der Waals surface area contributed by atoms with Gasteiger partial charge in [0.15, 0.2) is 0 Å². The first kappa shape index (κ1) is 18.3. The molecule has 0 saturated carbocycles. The van der Waals surface area contributed by atoms with Gasteiger partial charge in [-0.15, -0.1) is 0 Å². The van der Waals surface area contributed by atoms with E-state index in [9.17, 15) is 21.6 Å². The number of halogens is 3. The number of rotatable bonds is 3. The van der Waals surface area contributed by atoms with E-state index in [1.807, 2.05) is 0 Å². The van der Waals surface area contributed by atoms with Crippen molar-refractivity contribution in [3.05, 3.63) is 65.5 Å². The molecule has 1 aliphatic heterocycles. The fourth-order valence-electron chi connectivity index (χ4n) is 2.80. The van der Waals surface area contributed by atoms with E-state index in [2.05, 4.69) is 0 Å². The van der Waals surface area contributed by atoms with Crippen LogP contribution >= 0.6 is 11.8 Å². The molecule has 8 heteroatoms. The summed E-state index contributed by atoms with van der Waals surface area (Å²) in [5.41, 5.74) is 0.541. The van der Waals surface area contributed by atoms with E-state index in [-0.39, 0.29) is 24.2 Å². The van der Waals surface area contributed by atoms with Gasteiger partial charge in [0.05, 0.1) is 0 Å². The van der Waals surface area contributed by atoms with Gasteiger partial charge in [-0.1, -0.05) is 18.2 Å².